The van der Waals surface area contributed by atoms with Crippen LogP contribution in [0.5, 0.6) is 0 Å². The van der Waals surface area contributed by atoms with E-state index in [-0.39, 0.29) is 0 Å². The van der Waals surface area contributed by atoms with E-state index in [1.165, 1.54) is 11.5 Å². The third-order valence-electron chi connectivity index (χ3n) is 10.3. The molecule has 0 unspecified atom stereocenters. The van der Waals surface area contributed by atoms with Crippen molar-refractivity contribution in [2.45, 2.75) is 76.4 Å². The Labute approximate surface area is 181 Å². The highest BCUT2D eigenvalue weighted by molar-refractivity contribution is 8.35. The van der Waals surface area contributed by atoms with Gasteiger partial charge in [-0.25, -0.2) is 0 Å². The summed E-state index contributed by atoms with van der Waals surface area (Å²) in [5.41, 5.74) is 0. The molecule has 2 heterocycles. The zero-order valence-corrected chi connectivity index (χ0v) is 19.5. The fraction of sp³-hybridized carbons (Fsp3) is 1.00. The van der Waals surface area contributed by atoms with Crippen LogP contribution in [-0.4, -0.2) is 23.7 Å². The summed E-state index contributed by atoms with van der Waals surface area (Å²) in [5.74, 6) is 11.7. The predicted octanol–water partition coefficient (Wildman–Crippen LogP) is 6.95. The second-order valence-corrected chi connectivity index (χ2v) is 18.3. The van der Waals surface area contributed by atoms with Crippen molar-refractivity contribution in [1.82, 2.24) is 0 Å². The second-order valence-electron chi connectivity index (χ2n) is 11.7. The first-order valence-electron chi connectivity index (χ1n) is 11.8. The van der Waals surface area contributed by atoms with Crippen LogP contribution in [-0.2, 0) is 0 Å². The maximum atomic E-state index is 2.58. The SMILES string of the molecule is C1C2CC3CC1CC(C2)C31SCC2(CSC3(S2)C2CC4CC(C2)CC3C4)S1. The molecule has 27 heavy (non-hydrogen) atoms. The molecule has 0 atom stereocenters. The summed E-state index contributed by atoms with van der Waals surface area (Å²) >= 11 is 10.1. The Bertz CT molecular complexity index is 572. The van der Waals surface area contributed by atoms with Gasteiger partial charge in [0.1, 0.15) is 0 Å². The summed E-state index contributed by atoms with van der Waals surface area (Å²) < 4.78 is 1.89. The molecule has 3 spiro atoms. The van der Waals surface area contributed by atoms with Crippen molar-refractivity contribution >= 4 is 47.0 Å². The van der Waals surface area contributed by atoms with Crippen molar-refractivity contribution in [3.8, 4) is 0 Å². The van der Waals surface area contributed by atoms with Crippen LogP contribution in [0.2, 0.25) is 0 Å². The number of rotatable bonds is 0. The molecule has 10 fully saturated rings. The molecule has 2 saturated heterocycles. The number of hydrogen-bond donors (Lipinski definition) is 0. The lowest BCUT2D eigenvalue weighted by Crippen LogP contribution is -2.54. The van der Waals surface area contributed by atoms with E-state index in [1.54, 1.807) is 64.2 Å². The molecule has 0 amide bonds. The highest BCUT2D eigenvalue weighted by Crippen LogP contribution is 2.80. The topological polar surface area (TPSA) is 0 Å². The average molecular weight is 437 g/mol. The maximum absolute atomic E-state index is 2.58. The van der Waals surface area contributed by atoms with Crippen molar-refractivity contribution in [3.05, 3.63) is 0 Å². The lowest BCUT2D eigenvalue weighted by Gasteiger charge is -2.60. The molecule has 148 valence electrons. The van der Waals surface area contributed by atoms with E-state index in [0.29, 0.717) is 12.2 Å². The third kappa shape index (κ3) is 2.12. The van der Waals surface area contributed by atoms with Crippen LogP contribution in [0.25, 0.3) is 0 Å². The normalized spacial score (nSPS) is 67.6. The standard InChI is InChI=1S/C23H32S4/c1-13-3-17-5-14(1)6-18(4-13)22(17)24-11-21(26-22)12-25-23(27-21)19-7-15-2-16(9-19)10-20(23)8-15/h13-20H,1-12H2. The number of thioether (sulfide) groups is 4. The highest BCUT2D eigenvalue weighted by Gasteiger charge is 2.69. The van der Waals surface area contributed by atoms with Gasteiger partial charge in [0.25, 0.3) is 0 Å². The molecule has 0 aromatic carbocycles. The van der Waals surface area contributed by atoms with Crippen molar-refractivity contribution in [2.24, 2.45) is 47.3 Å². The molecule has 0 radical (unpaired) electrons. The van der Waals surface area contributed by atoms with Crippen molar-refractivity contribution in [2.75, 3.05) is 11.5 Å². The van der Waals surface area contributed by atoms with Gasteiger partial charge in [-0.1, -0.05) is 0 Å². The minimum absolute atomic E-state index is 0.583. The lowest BCUT2D eigenvalue weighted by atomic mass is 9.56. The average Bonchev–Trinajstić information content (AvgIpc) is 3.20. The summed E-state index contributed by atoms with van der Waals surface area (Å²) in [6, 6.07) is 0. The van der Waals surface area contributed by atoms with Crippen LogP contribution in [0.15, 0.2) is 0 Å². The van der Waals surface area contributed by atoms with Gasteiger partial charge in [0.15, 0.2) is 0 Å². The van der Waals surface area contributed by atoms with Crippen LogP contribution in [0.1, 0.15) is 64.2 Å². The van der Waals surface area contributed by atoms with Crippen LogP contribution in [0.3, 0.4) is 0 Å². The van der Waals surface area contributed by atoms with E-state index in [0.717, 1.165) is 47.3 Å². The number of hydrogen-bond acceptors (Lipinski definition) is 4. The van der Waals surface area contributed by atoms with Gasteiger partial charge >= 0.3 is 0 Å². The molecule has 0 aromatic heterocycles. The molecular formula is C23H32S4. The minimum Gasteiger partial charge on any atom is -0.141 e. The molecule has 8 bridgehead atoms. The molecule has 2 aliphatic heterocycles. The van der Waals surface area contributed by atoms with E-state index in [9.17, 15) is 0 Å². The Kier molecular flexibility index (Phi) is 3.41. The van der Waals surface area contributed by atoms with Gasteiger partial charge < -0.3 is 0 Å². The van der Waals surface area contributed by atoms with Crippen LogP contribution >= 0.6 is 47.0 Å². The monoisotopic (exact) mass is 436 g/mol. The quantitative estimate of drug-likeness (QED) is 0.403. The Hall–Kier alpha value is 1.40. The minimum atomic E-state index is 0.583. The van der Waals surface area contributed by atoms with Gasteiger partial charge in [0, 0.05) is 11.5 Å². The Balaban J connectivity index is 1.11. The highest BCUT2D eigenvalue weighted by atomic mass is 32.3. The predicted molar refractivity (Wildman–Crippen MR) is 122 cm³/mol. The zero-order chi connectivity index (χ0) is 17.4. The van der Waals surface area contributed by atoms with Crippen LogP contribution < -0.4 is 0 Å². The first-order chi connectivity index (χ1) is 13.1. The maximum Gasteiger partial charge on any atom is 0.0820 e. The third-order valence-corrected chi connectivity index (χ3v) is 19.5. The lowest BCUT2D eigenvalue weighted by molar-refractivity contribution is 0.0156. The summed E-state index contributed by atoms with van der Waals surface area (Å²) in [4.78, 5) is 0. The summed E-state index contributed by atoms with van der Waals surface area (Å²) in [7, 11) is 0. The molecule has 0 aromatic rings. The molecule has 10 aliphatic rings. The summed E-state index contributed by atoms with van der Waals surface area (Å²) in [6.45, 7) is 0. The van der Waals surface area contributed by atoms with E-state index in [2.05, 4.69) is 47.0 Å². The zero-order valence-electron chi connectivity index (χ0n) is 16.2. The van der Waals surface area contributed by atoms with Gasteiger partial charge in [0.2, 0.25) is 0 Å². The van der Waals surface area contributed by atoms with E-state index in [1.807, 2.05) is 0 Å². The first-order valence-corrected chi connectivity index (χ1v) is 15.4. The molecule has 8 aliphatic carbocycles. The van der Waals surface area contributed by atoms with Gasteiger partial charge in [-0.2, -0.15) is 0 Å². The molecule has 10 rings (SSSR count). The second kappa shape index (κ2) is 5.41. The molecule has 0 nitrogen and oxygen atoms in total. The van der Waals surface area contributed by atoms with Gasteiger partial charge in [-0.05, 0) is 112 Å². The first kappa shape index (κ1) is 17.0. The summed E-state index contributed by atoms with van der Waals surface area (Å²) in [5, 5.41) is 0. The Morgan fingerprint density at radius 2 is 0.778 bits per heavy atom. The van der Waals surface area contributed by atoms with Gasteiger partial charge in [-0.15, -0.1) is 47.0 Å². The molecule has 0 N–H and O–H groups in total. The summed E-state index contributed by atoms with van der Waals surface area (Å²) in [6.07, 6.45) is 16.0. The fourth-order valence-electron chi connectivity index (χ4n) is 9.75. The van der Waals surface area contributed by atoms with Crippen molar-refractivity contribution in [3.63, 3.8) is 0 Å². The molecule has 8 saturated carbocycles. The Morgan fingerprint density at radius 3 is 1.11 bits per heavy atom. The smallest absolute Gasteiger partial charge is 0.0820 e. The van der Waals surface area contributed by atoms with Crippen molar-refractivity contribution < 1.29 is 0 Å². The van der Waals surface area contributed by atoms with Crippen LogP contribution in [0, 0.1) is 47.3 Å². The van der Waals surface area contributed by atoms with Gasteiger partial charge in [0.05, 0.1) is 12.2 Å². The van der Waals surface area contributed by atoms with Gasteiger partial charge in [-0.3, -0.25) is 0 Å². The van der Waals surface area contributed by atoms with E-state index < -0.39 is 0 Å². The Morgan fingerprint density at radius 1 is 0.444 bits per heavy atom. The largest absolute Gasteiger partial charge is 0.141 e. The van der Waals surface area contributed by atoms with Crippen molar-refractivity contribution in [1.29, 1.82) is 0 Å². The fourth-order valence-corrected chi connectivity index (χ4v) is 20.0. The van der Waals surface area contributed by atoms with E-state index in [4.69, 9.17) is 0 Å². The molecular weight excluding hydrogens is 405 g/mol. The van der Waals surface area contributed by atoms with E-state index >= 15 is 0 Å². The molecule has 4 heteroatoms. The van der Waals surface area contributed by atoms with Crippen LogP contribution in [0.4, 0.5) is 0 Å².